The number of fused-ring (bicyclic) bond motifs is 1. The molecule has 0 atom stereocenters. The molecule has 0 aromatic heterocycles. The lowest BCUT2D eigenvalue weighted by Gasteiger charge is -2.19. The molecule has 1 aromatic carbocycles. The Morgan fingerprint density at radius 1 is 1.03 bits per heavy atom. The van der Waals surface area contributed by atoms with Gasteiger partial charge in [-0.05, 0) is 61.3 Å². The zero-order valence-corrected chi connectivity index (χ0v) is 22.6. The Bertz CT molecular complexity index is 1100. The number of rotatable bonds is 8. The van der Waals surface area contributed by atoms with Crippen molar-refractivity contribution in [2.24, 2.45) is 0 Å². The number of carbonyl (C=O) groups excluding carboxylic acids is 4. The van der Waals surface area contributed by atoms with Crippen LogP contribution in [-0.4, -0.2) is 35.6 Å². The number of ketones is 2. The monoisotopic (exact) mass is 493 g/mol. The van der Waals surface area contributed by atoms with E-state index in [0.29, 0.717) is 35.1 Å². The molecule has 1 aliphatic carbocycles. The van der Waals surface area contributed by atoms with Gasteiger partial charge in [-0.15, -0.1) is 0 Å². The predicted octanol–water partition coefficient (Wildman–Crippen LogP) is 6.10. The Balaban J connectivity index is 0.000000613. The lowest BCUT2D eigenvalue weighted by Crippen LogP contribution is -2.34. The van der Waals surface area contributed by atoms with Crippen molar-refractivity contribution in [2.75, 3.05) is 6.54 Å². The molecule has 0 saturated heterocycles. The van der Waals surface area contributed by atoms with Crippen LogP contribution in [0.3, 0.4) is 0 Å². The minimum Gasteiger partial charge on any atom is -0.459 e. The Morgan fingerprint density at radius 2 is 1.61 bits per heavy atom. The molecular formula is C30H39NO5. The van der Waals surface area contributed by atoms with E-state index in [1.807, 2.05) is 19.9 Å². The van der Waals surface area contributed by atoms with Crippen molar-refractivity contribution in [1.82, 2.24) is 5.32 Å². The van der Waals surface area contributed by atoms with E-state index >= 15 is 0 Å². The number of Topliss-reactive ketones (excluding diaryl/α,β-unsaturated/α-hetero) is 2. The molecule has 6 heteroatoms. The molecule has 0 saturated carbocycles. The first-order valence-electron chi connectivity index (χ1n) is 12.1. The van der Waals surface area contributed by atoms with Crippen molar-refractivity contribution >= 4 is 23.4 Å². The molecule has 1 aromatic rings. The average Bonchev–Trinajstić information content (AvgIpc) is 2.81. The normalized spacial score (nSPS) is 13.7. The second-order valence-corrected chi connectivity index (χ2v) is 9.74. The molecule has 36 heavy (non-hydrogen) atoms. The van der Waals surface area contributed by atoms with Crippen LogP contribution in [0.15, 0.2) is 71.4 Å². The lowest BCUT2D eigenvalue weighted by molar-refractivity contribution is -0.154. The zero-order valence-electron chi connectivity index (χ0n) is 22.6. The molecule has 0 bridgehead atoms. The van der Waals surface area contributed by atoms with Crippen molar-refractivity contribution in [1.29, 1.82) is 0 Å². The Hall–Kier alpha value is -3.54. The highest BCUT2D eigenvalue weighted by atomic mass is 16.6. The van der Waals surface area contributed by atoms with Crippen LogP contribution in [0, 0.1) is 0 Å². The van der Waals surface area contributed by atoms with E-state index in [2.05, 4.69) is 31.0 Å². The molecule has 1 N–H and O–H groups in total. The lowest BCUT2D eigenvalue weighted by atomic mass is 9.83. The third-order valence-corrected chi connectivity index (χ3v) is 5.25. The molecule has 194 valence electrons. The molecule has 1 aliphatic rings. The molecule has 0 heterocycles. The zero-order chi connectivity index (χ0) is 27.5. The smallest absolute Gasteiger partial charge is 0.325 e. The van der Waals surface area contributed by atoms with E-state index in [0.717, 1.165) is 5.57 Å². The highest BCUT2D eigenvalue weighted by Crippen LogP contribution is 2.28. The van der Waals surface area contributed by atoms with Gasteiger partial charge in [-0.1, -0.05) is 60.2 Å². The van der Waals surface area contributed by atoms with Gasteiger partial charge >= 0.3 is 5.97 Å². The number of benzene rings is 1. The average molecular weight is 494 g/mol. The number of nitrogens with one attached hydrogen (secondary N) is 1. The van der Waals surface area contributed by atoms with Gasteiger partial charge in [0, 0.05) is 28.7 Å². The van der Waals surface area contributed by atoms with Crippen LogP contribution in [0.1, 0.15) is 88.4 Å². The summed E-state index contributed by atoms with van der Waals surface area (Å²) in [6, 6.07) is 6.76. The van der Waals surface area contributed by atoms with Gasteiger partial charge in [-0.2, -0.15) is 0 Å². The highest BCUT2D eigenvalue weighted by Gasteiger charge is 2.29. The molecular weight excluding hydrogens is 454 g/mol. The summed E-state index contributed by atoms with van der Waals surface area (Å²) in [5.41, 5.74) is 3.51. The van der Waals surface area contributed by atoms with Gasteiger partial charge in [-0.25, -0.2) is 0 Å². The fraction of sp³-hybridized carbons (Fsp3) is 0.400. The minimum absolute atomic E-state index is 0.144. The van der Waals surface area contributed by atoms with Gasteiger partial charge < -0.3 is 10.1 Å². The number of hydrogen-bond donors (Lipinski definition) is 1. The first-order chi connectivity index (χ1) is 16.8. The van der Waals surface area contributed by atoms with Crippen LogP contribution >= 0.6 is 0 Å². The second-order valence-electron chi connectivity index (χ2n) is 9.74. The highest BCUT2D eigenvalue weighted by molar-refractivity contribution is 6.26. The third-order valence-electron chi connectivity index (χ3n) is 5.25. The molecule has 6 nitrogen and oxygen atoms in total. The number of hydrogen-bond acceptors (Lipinski definition) is 5. The number of ether oxygens (including phenoxy) is 1. The van der Waals surface area contributed by atoms with Crippen LogP contribution < -0.4 is 5.32 Å². The van der Waals surface area contributed by atoms with E-state index in [-0.39, 0.29) is 30.4 Å². The van der Waals surface area contributed by atoms with Gasteiger partial charge in [0.2, 0.25) is 5.91 Å². The number of carbonyl (C=O) groups is 4. The second kappa shape index (κ2) is 14.1. The molecule has 0 unspecified atom stereocenters. The van der Waals surface area contributed by atoms with Crippen LogP contribution in [0.5, 0.6) is 0 Å². The van der Waals surface area contributed by atoms with E-state index in [1.165, 1.54) is 5.57 Å². The van der Waals surface area contributed by atoms with Crippen molar-refractivity contribution < 1.29 is 23.9 Å². The summed E-state index contributed by atoms with van der Waals surface area (Å²) < 4.78 is 5.12. The quantitative estimate of drug-likeness (QED) is 0.349. The Morgan fingerprint density at radius 3 is 2.14 bits per heavy atom. The number of esters is 1. The number of amides is 1. The third kappa shape index (κ3) is 10.4. The molecule has 0 spiro atoms. The van der Waals surface area contributed by atoms with E-state index in [9.17, 15) is 19.2 Å². The summed E-state index contributed by atoms with van der Waals surface area (Å²) >= 11 is 0. The van der Waals surface area contributed by atoms with Crippen LogP contribution in [0.2, 0.25) is 0 Å². The van der Waals surface area contributed by atoms with Gasteiger partial charge in [0.1, 0.15) is 12.1 Å². The predicted molar refractivity (Wildman–Crippen MR) is 144 cm³/mol. The largest absolute Gasteiger partial charge is 0.459 e. The SMILES string of the molecule is C=C(C)/C=C\C(C)=C/C.CC1=C(CCCC(=O)NCC(=O)OC(C)(C)C)C(=O)c2ccccc2C1=O. The van der Waals surface area contributed by atoms with Gasteiger partial charge in [-0.3, -0.25) is 19.2 Å². The fourth-order valence-electron chi connectivity index (χ4n) is 3.28. The summed E-state index contributed by atoms with van der Waals surface area (Å²) in [7, 11) is 0. The topological polar surface area (TPSA) is 89.5 Å². The van der Waals surface area contributed by atoms with Crippen LogP contribution in [0.4, 0.5) is 0 Å². The summed E-state index contributed by atoms with van der Waals surface area (Å²) in [6.07, 6.45) is 7.04. The van der Waals surface area contributed by atoms with Crippen LogP contribution in [0.25, 0.3) is 0 Å². The van der Waals surface area contributed by atoms with Gasteiger partial charge in [0.15, 0.2) is 11.6 Å². The fourth-order valence-corrected chi connectivity index (χ4v) is 3.28. The van der Waals surface area contributed by atoms with E-state index in [4.69, 9.17) is 4.74 Å². The van der Waals surface area contributed by atoms with E-state index < -0.39 is 11.6 Å². The minimum atomic E-state index is -0.601. The summed E-state index contributed by atoms with van der Waals surface area (Å²) in [5, 5.41) is 2.51. The van der Waals surface area contributed by atoms with Crippen molar-refractivity contribution in [3.05, 3.63) is 82.5 Å². The van der Waals surface area contributed by atoms with Crippen molar-refractivity contribution in [2.45, 2.75) is 73.3 Å². The van der Waals surface area contributed by atoms with Crippen molar-refractivity contribution in [3.8, 4) is 0 Å². The maximum absolute atomic E-state index is 12.6. The Kier molecular flexibility index (Phi) is 12.0. The van der Waals surface area contributed by atoms with Gasteiger partial charge in [0.25, 0.3) is 0 Å². The first-order valence-corrected chi connectivity index (χ1v) is 12.1. The maximum atomic E-state index is 12.6. The summed E-state index contributed by atoms with van der Waals surface area (Å²) in [6.45, 7) is 16.5. The van der Waals surface area contributed by atoms with E-state index in [1.54, 1.807) is 52.0 Å². The van der Waals surface area contributed by atoms with Crippen LogP contribution in [-0.2, 0) is 14.3 Å². The molecule has 0 radical (unpaired) electrons. The first kappa shape index (κ1) is 30.5. The number of allylic oxidation sites excluding steroid dienone is 7. The summed E-state index contributed by atoms with van der Waals surface area (Å²) in [4.78, 5) is 48.5. The van der Waals surface area contributed by atoms with Gasteiger partial charge in [0.05, 0.1) is 0 Å². The molecule has 0 aliphatic heterocycles. The molecule has 2 rings (SSSR count). The maximum Gasteiger partial charge on any atom is 0.325 e. The Labute approximate surface area is 215 Å². The molecule has 1 amide bonds. The standard InChI is InChI=1S/C21H25NO5.C9H14/c1-13-14(20(26)16-9-6-5-8-15(16)19(13)25)10-7-11-17(23)22-12-18(24)27-21(2,3)4;1-5-9(4)7-6-8(2)3/h5-6,8-9H,7,10-12H2,1-4H3,(H,22,23);5-7H,2H2,1,3-4H3/b;7-6-,9-5-. The van der Waals surface area contributed by atoms with Crippen molar-refractivity contribution in [3.63, 3.8) is 0 Å². The summed E-state index contributed by atoms with van der Waals surface area (Å²) in [5.74, 6) is -1.10. The molecule has 0 fully saturated rings.